The highest BCUT2D eigenvalue weighted by Crippen LogP contribution is 2.14. The largest absolute Gasteiger partial charge is 0.633 e. The Balaban J connectivity index is 1.77. The number of tetrazole rings is 1. The number of unbranched alkanes of at least 4 members (excludes halogenated alkanes) is 1. The summed E-state index contributed by atoms with van der Waals surface area (Å²) in [4.78, 5) is 12.1. The standard InChI is InChI=1S/C15H22BClN6O4/c17-12-6-4-11(5-7-12)9-19-14(24)10-23-15(20-21-22-23)13(18)3-1-2-8-27-16(25)26/h4-7,13,25-26H,1-3,8-10,18H2,(H,19,24)/t13-/m1/s1. The highest BCUT2D eigenvalue weighted by molar-refractivity contribution is 6.32. The van der Waals surface area contributed by atoms with Crippen LogP contribution in [0, 0.1) is 0 Å². The van der Waals surface area contributed by atoms with Crippen LogP contribution in [0.25, 0.3) is 0 Å². The summed E-state index contributed by atoms with van der Waals surface area (Å²) in [6.07, 6.45) is 1.86. The maximum atomic E-state index is 12.1. The molecule has 0 spiro atoms. The summed E-state index contributed by atoms with van der Waals surface area (Å²) in [7, 11) is -1.77. The third kappa shape index (κ3) is 7.61. The number of carbonyl (C=O) groups excluding carboxylic acids is 1. The van der Waals surface area contributed by atoms with Crippen LogP contribution in [0.1, 0.15) is 36.7 Å². The number of hydrogen-bond acceptors (Lipinski definition) is 8. The SMILES string of the molecule is N[C@H](CCCCOB(O)O)c1nnnn1CC(=O)NCc1ccc(Cl)cc1. The summed E-state index contributed by atoms with van der Waals surface area (Å²) in [5.41, 5.74) is 7.02. The average Bonchev–Trinajstić information content (AvgIpc) is 3.08. The minimum absolute atomic E-state index is 0.0383. The molecule has 146 valence electrons. The minimum Gasteiger partial charge on any atom is -0.402 e. The van der Waals surface area contributed by atoms with Crippen LogP contribution in [-0.4, -0.2) is 50.1 Å². The van der Waals surface area contributed by atoms with Crippen LogP contribution in [0.5, 0.6) is 0 Å². The lowest BCUT2D eigenvalue weighted by Crippen LogP contribution is -2.29. The van der Waals surface area contributed by atoms with Gasteiger partial charge in [-0.25, -0.2) is 4.68 Å². The van der Waals surface area contributed by atoms with Crippen LogP contribution in [-0.2, 0) is 22.5 Å². The molecule has 5 N–H and O–H groups in total. The van der Waals surface area contributed by atoms with E-state index in [0.717, 1.165) is 5.56 Å². The van der Waals surface area contributed by atoms with Crippen molar-refractivity contribution >= 4 is 24.8 Å². The Morgan fingerprint density at radius 1 is 1.33 bits per heavy atom. The van der Waals surface area contributed by atoms with E-state index in [9.17, 15) is 4.79 Å². The van der Waals surface area contributed by atoms with E-state index in [4.69, 9.17) is 27.4 Å². The van der Waals surface area contributed by atoms with Gasteiger partial charge in [0.1, 0.15) is 6.54 Å². The maximum Gasteiger partial charge on any atom is 0.633 e. The Morgan fingerprint density at radius 3 is 2.78 bits per heavy atom. The van der Waals surface area contributed by atoms with E-state index in [-0.39, 0.29) is 19.1 Å². The fraction of sp³-hybridized carbons (Fsp3) is 0.467. The zero-order valence-corrected chi connectivity index (χ0v) is 15.4. The maximum absolute atomic E-state index is 12.1. The van der Waals surface area contributed by atoms with Crippen molar-refractivity contribution in [1.29, 1.82) is 0 Å². The normalized spacial score (nSPS) is 12.0. The summed E-state index contributed by atoms with van der Waals surface area (Å²) in [5.74, 6) is 0.177. The van der Waals surface area contributed by atoms with Gasteiger partial charge in [-0.1, -0.05) is 23.7 Å². The van der Waals surface area contributed by atoms with Gasteiger partial charge in [0, 0.05) is 18.2 Å². The number of nitrogens with zero attached hydrogens (tertiary/aromatic N) is 4. The van der Waals surface area contributed by atoms with Crippen LogP contribution in [0.15, 0.2) is 24.3 Å². The smallest absolute Gasteiger partial charge is 0.402 e. The molecule has 0 saturated carbocycles. The van der Waals surface area contributed by atoms with Crippen molar-refractivity contribution in [2.75, 3.05) is 6.61 Å². The molecular weight excluding hydrogens is 374 g/mol. The highest BCUT2D eigenvalue weighted by Gasteiger charge is 2.17. The van der Waals surface area contributed by atoms with Crippen LogP contribution < -0.4 is 11.1 Å². The minimum atomic E-state index is -1.77. The van der Waals surface area contributed by atoms with Crippen molar-refractivity contribution in [2.45, 2.75) is 38.4 Å². The van der Waals surface area contributed by atoms with Gasteiger partial charge in [0.15, 0.2) is 5.82 Å². The van der Waals surface area contributed by atoms with Gasteiger partial charge in [0.05, 0.1) is 6.04 Å². The van der Waals surface area contributed by atoms with Gasteiger partial charge >= 0.3 is 7.32 Å². The number of rotatable bonds is 11. The quantitative estimate of drug-likeness (QED) is 0.301. The number of hydrogen-bond donors (Lipinski definition) is 4. The number of nitrogens with two attached hydrogens (primary N) is 1. The molecule has 1 aromatic carbocycles. The molecule has 1 amide bonds. The molecule has 10 nitrogen and oxygen atoms in total. The first-order chi connectivity index (χ1) is 13.0. The molecule has 0 saturated heterocycles. The molecule has 2 aromatic rings. The van der Waals surface area contributed by atoms with Crippen molar-refractivity contribution in [3.63, 3.8) is 0 Å². The molecule has 0 unspecified atom stereocenters. The van der Waals surface area contributed by atoms with Crippen molar-refractivity contribution in [3.8, 4) is 0 Å². The fourth-order valence-corrected chi connectivity index (χ4v) is 2.49. The second-order valence-electron chi connectivity index (χ2n) is 5.90. The van der Waals surface area contributed by atoms with Crippen molar-refractivity contribution in [1.82, 2.24) is 25.5 Å². The Bertz CT molecular complexity index is 715. The van der Waals surface area contributed by atoms with Crippen LogP contribution >= 0.6 is 11.6 Å². The number of halogens is 1. The second kappa shape index (κ2) is 10.9. The Labute approximate surface area is 161 Å². The van der Waals surface area contributed by atoms with Crippen molar-refractivity contribution in [3.05, 3.63) is 40.7 Å². The van der Waals surface area contributed by atoms with Gasteiger partial charge in [-0.05, 0) is 47.4 Å². The molecule has 2 rings (SSSR count). The third-order valence-corrected chi connectivity index (χ3v) is 4.02. The molecule has 0 aliphatic heterocycles. The molecule has 1 aromatic heterocycles. The first-order valence-electron chi connectivity index (χ1n) is 8.46. The number of aromatic nitrogens is 4. The summed E-state index contributed by atoms with van der Waals surface area (Å²) in [6.45, 7) is 0.544. The Kier molecular flexibility index (Phi) is 8.62. The molecule has 0 bridgehead atoms. The molecule has 0 aliphatic rings. The highest BCUT2D eigenvalue weighted by atomic mass is 35.5. The summed E-state index contributed by atoms with van der Waals surface area (Å²) in [6, 6.07) is 6.74. The van der Waals surface area contributed by atoms with Crippen molar-refractivity contribution in [2.24, 2.45) is 5.73 Å². The second-order valence-corrected chi connectivity index (χ2v) is 6.33. The average molecular weight is 397 g/mol. The van der Waals surface area contributed by atoms with Gasteiger partial charge in [-0.3, -0.25) is 4.79 Å². The van der Waals surface area contributed by atoms with E-state index >= 15 is 0 Å². The fourth-order valence-electron chi connectivity index (χ4n) is 2.37. The molecule has 0 fully saturated rings. The summed E-state index contributed by atoms with van der Waals surface area (Å²) in [5, 5.41) is 31.9. The van der Waals surface area contributed by atoms with E-state index in [2.05, 4.69) is 25.5 Å². The summed E-state index contributed by atoms with van der Waals surface area (Å²) < 4.78 is 6.00. The van der Waals surface area contributed by atoms with Gasteiger partial charge in [0.25, 0.3) is 0 Å². The molecule has 1 heterocycles. The first-order valence-corrected chi connectivity index (χ1v) is 8.84. The number of benzene rings is 1. The lowest BCUT2D eigenvalue weighted by atomic mass is 10.1. The number of amides is 1. The monoisotopic (exact) mass is 396 g/mol. The van der Waals surface area contributed by atoms with E-state index in [1.165, 1.54) is 4.68 Å². The molecule has 1 atom stereocenters. The molecule has 12 heteroatoms. The number of nitrogens with one attached hydrogen (secondary N) is 1. The molecule has 27 heavy (non-hydrogen) atoms. The van der Waals surface area contributed by atoms with Crippen LogP contribution in [0.2, 0.25) is 5.02 Å². The summed E-state index contributed by atoms with van der Waals surface area (Å²) >= 11 is 5.83. The van der Waals surface area contributed by atoms with Gasteiger partial charge in [0.2, 0.25) is 5.91 Å². The molecular formula is C15H22BClN6O4. The van der Waals surface area contributed by atoms with Crippen LogP contribution in [0.4, 0.5) is 0 Å². The van der Waals surface area contributed by atoms with Crippen molar-refractivity contribution < 1.29 is 19.5 Å². The predicted molar refractivity (Wildman–Crippen MR) is 98.0 cm³/mol. The lowest BCUT2D eigenvalue weighted by Gasteiger charge is -2.12. The molecule has 0 aliphatic carbocycles. The zero-order chi connectivity index (χ0) is 19.6. The Hall–Kier alpha value is -2.05. The lowest BCUT2D eigenvalue weighted by molar-refractivity contribution is -0.122. The predicted octanol–water partition coefficient (Wildman–Crippen LogP) is -0.201. The topological polar surface area (TPSA) is 148 Å². The van der Waals surface area contributed by atoms with Crippen LogP contribution in [0.3, 0.4) is 0 Å². The first kappa shape index (κ1) is 21.3. The Morgan fingerprint density at radius 2 is 2.07 bits per heavy atom. The van der Waals surface area contributed by atoms with E-state index in [1.54, 1.807) is 12.1 Å². The molecule has 0 radical (unpaired) electrons. The van der Waals surface area contributed by atoms with E-state index in [0.29, 0.717) is 36.7 Å². The van der Waals surface area contributed by atoms with Gasteiger partial charge in [-0.2, -0.15) is 0 Å². The van der Waals surface area contributed by atoms with Gasteiger partial charge in [-0.15, -0.1) is 5.10 Å². The van der Waals surface area contributed by atoms with Gasteiger partial charge < -0.3 is 25.8 Å². The van der Waals surface area contributed by atoms with E-state index in [1.807, 2.05) is 12.1 Å². The third-order valence-electron chi connectivity index (χ3n) is 3.76. The van der Waals surface area contributed by atoms with E-state index < -0.39 is 13.4 Å². The zero-order valence-electron chi connectivity index (χ0n) is 14.7. The number of carbonyl (C=O) groups is 1.